The summed E-state index contributed by atoms with van der Waals surface area (Å²) in [5.74, 6) is 0. The Kier molecular flexibility index (Phi) is 1.18. The molecule has 0 saturated carbocycles. The molecule has 0 aliphatic rings. The molecular weight excluding hydrogens is 172 g/mol. The number of nitrogens with one attached hydrogen (secondary N) is 1. The van der Waals surface area contributed by atoms with Gasteiger partial charge in [-0.05, 0) is 0 Å². The number of imidazole rings is 1. The van der Waals surface area contributed by atoms with Crippen LogP contribution < -0.4 is 11.2 Å². The summed E-state index contributed by atoms with van der Waals surface area (Å²) in [5.41, 5.74) is -0.583. The van der Waals surface area contributed by atoms with E-state index in [0.717, 1.165) is 0 Å². The molecule has 6 nitrogen and oxygen atoms in total. The van der Waals surface area contributed by atoms with Gasteiger partial charge in [0.25, 0.3) is 5.56 Å². The maximum Gasteiger partial charge on any atom is 0.329 e. The van der Waals surface area contributed by atoms with Crippen molar-refractivity contribution >= 4 is 11.2 Å². The lowest BCUT2D eigenvalue weighted by Gasteiger charge is -1.97. The van der Waals surface area contributed by atoms with Crippen LogP contribution in [-0.2, 0) is 14.1 Å². The lowest BCUT2D eigenvalue weighted by Crippen LogP contribution is -2.28. The fourth-order valence-corrected chi connectivity index (χ4v) is 1.20. The Labute approximate surface area is 73.9 Å². The average molecular weight is 181 g/mol. The normalized spacial score (nSPS) is 12.0. The molecule has 0 aromatic carbocycles. The van der Waals surface area contributed by atoms with E-state index in [9.17, 15) is 9.59 Å². The molecule has 1 N–H and O–H groups in total. The van der Waals surface area contributed by atoms with E-state index in [2.05, 4.69) is 9.97 Å². The number of hydrogen-bond donors (Lipinski definition) is 1. The van der Waals surface area contributed by atoms with Crippen LogP contribution >= 0.6 is 0 Å². The average Bonchev–Trinajstić information content (AvgIpc) is 2.40. The van der Waals surface area contributed by atoms with E-state index >= 15 is 0 Å². The Morgan fingerprint density at radius 2 is 2.23 bits per heavy atom. The Morgan fingerprint density at radius 1 is 1.54 bits per heavy atom. The van der Waals surface area contributed by atoms with Gasteiger partial charge in [0.2, 0.25) is 0 Å². The summed E-state index contributed by atoms with van der Waals surface area (Å²) in [7, 11) is 3.05. The van der Waals surface area contributed by atoms with Crippen LogP contribution in [0.2, 0.25) is 0 Å². The lowest BCUT2D eigenvalue weighted by atomic mass is 10.5. The van der Waals surface area contributed by atoms with E-state index in [1.54, 1.807) is 7.05 Å². The highest BCUT2D eigenvalue weighted by molar-refractivity contribution is 5.69. The second kappa shape index (κ2) is 2.32. The van der Waals surface area contributed by atoms with Crippen molar-refractivity contribution in [2.75, 3.05) is 0 Å². The summed E-state index contributed by atoms with van der Waals surface area (Å²) >= 11 is 0. The van der Waals surface area contributed by atoms with E-state index in [-0.39, 0.29) is 17.5 Å². The van der Waals surface area contributed by atoms with Gasteiger partial charge in [-0.1, -0.05) is 0 Å². The van der Waals surface area contributed by atoms with Crippen LogP contribution in [0.3, 0.4) is 0 Å². The van der Waals surface area contributed by atoms with Gasteiger partial charge in [0, 0.05) is 14.1 Å². The molecule has 0 atom stereocenters. The minimum absolute atomic E-state index is 0.0494. The minimum Gasteiger partial charge on any atom is -0.328 e. The lowest BCUT2D eigenvalue weighted by molar-refractivity contribution is 0.829. The van der Waals surface area contributed by atoms with Gasteiger partial charge in [-0.25, -0.2) is 9.78 Å². The van der Waals surface area contributed by atoms with Crippen LogP contribution in [0.4, 0.5) is 0 Å². The highest BCUT2D eigenvalue weighted by Gasteiger charge is 2.08. The van der Waals surface area contributed by atoms with Crippen LogP contribution in [-0.4, -0.2) is 19.1 Å². The minimum atomic E-state index is -0.527. The molecule has 6 heteroatoms. The molecule has 2 aromatic rings. The number of aromatic nitrogens is 4. The molecule has 2 rings (SSSR count). The van der Waals surface area contributed by atoms with Crippen LogP contribution in [0.5, 0.6) is 0 Å². The molecular formula is C7H8N4O2. The summed E-state index contributed by atoms with van der Waals surface area (Å²) in [6.45, 7) is 0. The third-order valence-electron chi connectivity index (χ3n) is 1.91. The van der Waals surface area contributed by atoms with E-state index in [0.29, 0.717) is 0 Å². The van der Waals surface area contributed by atoms with E-state index in [1.165, 1.54) is 16.2 Å². The topological polar surface area (TPSA) is 72.7 Å². The smallest absolute Gasteiger partial charge is 0.328 e. The Morgan fingerprint density at radius 3 is 2.92 bits per heavy atom. The summed E-state index contributed by atoms with van der Waals surface area (Å²) in [4.78, 5) is 28.5. The molecule has 13 heavy (non-hydrogen) atoms. The fraction of sp³-hybridized carbons (Fsp3) is 0.286. The summed E-state index contributed by atoms with van der Waals surface area (Å²) in [6, 6.07) is 0. The number of aryl methyl sites for hydroxylation is 2. The standard InChI is InChI=1S/C7H8N4O2/c1-10-3-8-5-4(10)6(12)9-7(13)11(5)2/h3H,1-2H3,(H,9,12,13)/i3D. The first-order chi connectivity index (χ1) is 6.52. The molecule has 2 aromatic heterocycles. The number of hydrogen-bond acceptors (Lipinski definition) is 3. The van der Waals surface area contributed by atoms with Gasteiger partial charge >= 0.3 is 5.69 Å². The van der Waals surface area contributed by atoms with Crippen molar-refractivity contribution in [1.82, 2.24) is 19.1 Å². The molecule has 0 amide bonds. The van der Waals surface area contributed by atoms with Crippen LogP contribution in [0.1, 0.15) is 1.37 Å². The maximum absolute atomic E-state index is 11.4. The monoisotopic (exact) mass is 181 g/mol. The summed E-state index contributed by atoms with van der Waals surface area (Å²) in [5, 5.41) is 0. The van der Waals surface area contributed by atoms with Gasteiger partial charge in [0.1, 0.15) is 1.37 Å². The van der Waals surface area contributed by atoms with Gasteiger partial charge in [0.05, 0.1) is 6.30 Å². The summed E-state index contributed by atoms with van der Waals surface area (Å²) in [6.07, 6.45) is -0.0494. The molecule has 0 aliphatic carbocycles. The number of rotatable bonds is 0. The second-order valence-electron chi connectivity index (χ2n) is 2.76. The quantitative estimate of drug-likeness (QED) is 0.564. The van der Waals surface area contributed by atoms with Crippen molar-refractivity contribution in [1.29, 1.82) is 0 Å². The van der Waals surface area contributed by atoms with Crippen molar-refractivity contribution in [2.45, 2.75) is 0 Å². The number of aromatic amines is 1. The first kappa shape index (κ1) is 6.64. The number of fused-ring (bicyclic) bond motifs is 1. The molecule has 2 heterocycles. The molecule has 0 saturated heterocycles. The van der Waals surface area contributed by atoms with Crippen molar-refractivity contribution in [3.8, 4) is 0 Å². The SMILES string of the molecule is [2H]c1nc2c(c(=O)[nH]c(=O)n2C)n1C. The zero-order valence-corrected chi connectivity index (χ0v) is 7.16. The van der Waals surface area contributed by atoms with Crippen molar-refractivity contribution in [2.24, 2.45) is 14.1 Å². The first-order valence-corrected chi connectivity index (χ1v) is 3.64. The Bertz CT molecular complexity index is 621. The zero-order valence-electron chi connectivity index (χ0n) is 8.16. The van der Waals surface area contributed by atoms with Gasteiger partial charge < -0.3 is 4.57 Å². The zero-order chi connectivity index (χ0) is 10.5. The second-order valence-corrected chi connectivity index (χ2v) is 2.76. The van der Waals surface area contributed by atoms with E-state index in [1.807, 2.05) is 0 Å². The molecule has 0 bridgehead atoms. The van der Waals surface area contributed by atoms with Crippen LogP contribution in [0.15, 0.2) is 15.9 Å². The molecule has 0 radical (unpaired) electrons. The molecule has 68 valence electrons. The predicted octanol–water partition coefficient (Wildman–Crippen LogP) is -1.04. The third kappa shape index (κ3) is 0.915. The van der Waals surface area contributed by atoms with Crippen LogP contribution in [0.25, 0.3) is 11.2 Å². The maximum atomic E-state index is 11.4. The van der Waals surface area contributed by atoms with E-state index in [4.69, 9.17) is 1.37 Å². The Balaban J connectivity index is 3.18. The number of H-pyrrole nitrogens is 1. The van der Waals surface area contributed by atoms with Crippen LogP contribution in [0, 0.1) is 0 Å². The third-order valence-corrected chi connectivity index (χ3v) is 1.91. The molecule has 0 fully saturated rings. The van der Waals surface area contributed by atoms with Gasteiger partial charge in [-0.2, -0.15) is 0 Å². The van der Waals surface area contributed by atoms with Crippen molar-refractivity contribution < 1.29 is 1.37 Å². The van der Waals surface area contributed by atoms with Gasteiger partial charge in [-0.15, -0.1) is 0 Å². The molecule has 0 unspecified atom stereocenters. The highest BCUT2D eigenvalue weighted by Crippen LogP contribution is 2.00. The Hall–Kier alpha value is -1.85. The van der Waals surface area contributed by atoms with Crippen molar-refractivity contribution in [3.05, 3.63) is 27.1 Å². The van der Waals surface area contributed by atoms with Gasteiger partial charge in [-0.3, -0.25) is 14.3 Å². The predicted molar refractivity (Wildman–Crippen MR) is 46.6 cm³/mol. The van der Waals surface area contributed by atoms with Crippen molar-refractivity contribution in [3.63, 3.8) is 0 Å². The highest BCUT2D eigenvalue weighted by atomic mass is 16.2. The largest absolute Gasteiger partial charge is 0.329 e. The van der Waals surface area contributed by atoms with E-state index < -0.39 is 11.2 Å². The first-order valence-electron chi connectivity index (χ1n) is 4.14. The fourth-order valence-electron chi connectivity index (χ4n) is 1.20. The van der Waals surface area contributed by atoms with Gasteiger partial charge in [0.15, 0.2) is 11.2 Å². The number of nitrogens with zero attached hydrogens (tertiary/aromatic N) is 3. The molecule has 0 aliphatic heterocycles. The summed E-state index contributed by atoms with van der Waals surface area (Å²) < 4.78 is 9.93. The molecule has 0 spiro atoms.